The maximum Gasteiger partial charge on any atom is 0.0943 e. The number of benzene rings is 2. The van der Waals surface area contributed by atoms with Crippen LogP contribution in [0.25, 0.3) is 6.05 Å². The first-order chi connectivity index (χ1) is 8.99. The van der Waals surface area contributed by atoms with Crippen molar-refractivity contribution >= 4 is 15.8 Å². The Morgan fingerprint density at radius 3 is 2.33 bits per heavy atom. The molecule has 0 saturated carbocycles. The molecule has 0 heterocycles. The molecule has 2 aromatic rings. The van der Waals surface area contributed by atoms with Crippen LogP contribution in [0.4, 0.5) is 0 Å². The third-order valence-electron chi connectivity index (χ3n) is 2.54. The second-order valence-corrected chi connectivity index (χ2v) is 5.95. The molecular formula is C15H15NOS. The summed E-state index contributed by atoms with van der Waals surface area (Å²) in [6.45, 7) is 1.94. The maximum atomic E-state index is 12.4. The molecule has 0 radical (unpaired) electrons. The van der Waals surface area contributed by atoms with Crippen LogP contribution in [0, 0.1) is 11.7 Å². The predicted octanol–water partition coefficient (Wildman–Crippen LogP) is 4.07. The Labute approximate surface area is 109 Å². The van der Waals surface area contributed by atoms with Crippen molar-refractivity contribution in [3.05, 3.63) is 71.1 Å². The van der Waals surface area contributed by atoms with Gasteiger partial charge in [0.2, 0.25) is 0 Å². The lowest BCUT2D eigenvalue weighted by atomic mass is 10.2. The van der Waals surface area contributed by atoms with E-state index >= 15 is 0 Å². The molecule has 0 aliphatic heterocycles. The summed E-state index contributed by atoms with van der Waals surface area (Å²) in [5.74, 6) is 0. The summed E-state index contributed by atoms with van der Waals surface area (Å²) < 4.78 is 28.2. The minimum atomic E-state index is -3.07. The first-order valence-corrected chi connectivity index (χ1v) is 7.20. The SMILES string of the molecule is [2H]/C(=C\S(=N)(=O)c1ccc(C)cc1)c1ccccc1. The smallest absolute Gasteiger partial charge is 0.0943 e. The Kier molecular flexibility index (Phi) is 3.24. The van der Waals surface area contributed by atoms with Crippen molar-refractivity contribution in [2.75, 3.05) is 0 Å². The minimum absolute atomic E-state index is 0.112. The van der Waals surface area contributed by atoms with E-state index in [-0.39, 0.29) is 6.05 Å². The van der Waals surface area contributed by atoms with E-state index < -0.39 is 9.73 Å². The van der Waals surface area contributed by atoms with E-state index in [0.29, 0.717) is 10.5 Å². The molecule has 18 heavy (non-hydrogen) atoms. The Hall–Kier alpha value is -1.87. The van der Waals surface area contributed by atoms with Crippen molar-refractivity contribution in [3.8, 4) is 0 Å². The molecule has 2 aromatic carbocycles. The highest BCUT2D eigenvalue weighted by Gasteiger charge is 2.04. The molecule has 2 nitrogen and oxygen atoms in total. The summed E-state index contributed by atoms with van der Waals surface area (Å²) in [7, 11) is -3.07. The number of hydrogen-bond acceptors (Lipinski definition) is 2. The largest absolute Gasteiger partial charge is 0.245 e. The molecule has 0 aliphatic carbocycles. The highest BCUT2D eigenvalue weighted by molar-refractivity contribution is 7.95. The van der Waals surface area contributed by atoms with Gasteiger partial charge in [0.05, 0.1) is 16.0 Å². The van der Waals surface area contributed by atoms with Crippen LogP contribution in [0.2, 0.25) is 0 Å². The summed E-state index contributed by atoms with van der Waals surface area (Å²) >= 11 is 0. The van der Waals surface area contributed by atoms with Crippen LogP contribution < -0.4 is 0 Å². The minimum Gasteiger partial charge on any atom is -0.245 e. The topological polar surface area (TPSA) is 40.9 Å². The Morgan fingerprint density at radius 1 is 1.11 bits per heavy atom. The van der Waals surface area contributed by atoms with Gasteiger partial charge >= 0.3 is 0 Å². The van der Waals surface area contributed by atoms with Crippen molar-refractivity contribution in [2.24, 2.45) is 0 Å². The van der Waals surface area contributed by atoms with Crippen LogP contribution in [0.5, 0.6) is 0 Å². The van der Waals surface area contributed by atoms with E-state index in [9.17, 15) is 4.21 Å². The van der Waals surface area contributed by atoms with Gasteiger partial charge in [0, 0.05) is 5.41 Å². The average Bonchev–Trinajstić information content (AvgIpc) is 2.40. The van der Waals surface area contributed by atoms with Gasteiger partial charge in [0.15, 0.2) is 0 Å². The van der Waals surface area contributed by atoms with Crippen LogP contribution in [0.15, 0.2) is 64.9 Å². The van der Waals surface area contributed by atoms with Crippen molar-refractivity contribution in [1.29, 1.82) is 4.78 Å². The normalized spacial score (nSPS) is 15.8. The fourth-order valence-corrected chi connectivity index (χ4v) is 2.47. The fraction of sp³-hybridized carbons (Fsp3) is 0.0667. The Balaban J connectivity index is 2.39. The average molecular weight is 258 g/mol. The lowest BCUT2D eigenvalue weighted by Gasteiger charge is -2.02. The van der Waals surface area contributed by atoms with Gasteiger partial charge in [-0.3, -0.25) is 0 Å². The molecule has 92 valence electrons. The van der Waals surface area contributed by atoms with Gasteiger partial charge in [-0.2, -0.15) is 0 Å². The number of nitrogens with one attached hydrogen (secondary N) is 1. The van der Waals surface area contributed by atoms with E-state index in [2.05, 4.69) is 0 Å². The second-order valence-electron chi connectivity index (χ2n) is 4.04. The zero-order valence-corrected chi connectivity index (χ0v) is 10.9. The molecule has 1 atom stereocenters. The quantitative estimate of drug-likeness (QED) is 0.885. The summed E-state index contributed by atoms with van der Waals surface area (Å²) in [4.78, 5) is 0.429. The van der Waals surface area contributed by atoms with Gasteiger partial charge in [0.25, 0.3) is 0 Å². The molecule has 0 aliphatic rings. The predicted molar refractivity (Wildman–Crippen MR) is 75.8 cm³/mol. The van der Waals surface area contributed by atoms with Crippen LogP contribution >= 0.6 is 0 Å². The zero-order chi connectivity index (χ0) is 13.9. The Morgan fingerprint density at radius 2 is 1.72 bits per heavy atom. The Bertz CT molecular complexity index is 689. The van der Waals surface area contributed by atoms with E-state index in [4.69, 9.17) is 6.15 Å². The lowest BCUT2D eigenvalue weighted by molar-refractivity contribution is 0.681. The van der Waals surface area contributed by atoms with Gasteiger partial charge in [-0.05, 0) is 30.7 Å². The number of aryl methyl sites for hydroxylation is 1. The summed E-state index contributed by atoms with van der Waals surface area (Å²) in [6.07, 6.45) is 0. The van der Waals surface area contributed by atoms with Gasteiger partial charge in [-0.1, -0.05) is 48.0 Å². The molecule has 0 saturated heterocycles. The lowest BCUT2D eigenvalue weighted by Crippen LogP contribution is -1.93. The summed E-state index contributed by atoms with van der Waals surface area (Å²) in [6, 6.07) is 16.1. The highest BCUT2D eigenvalue weighted by atomic mass is 32.2. The molecule has 2 rings (SSSR count). The molecule has 1 N–H and O–H groups in total. The molecule has 0 bridgehead atoms. The number of hydrogen-bond donors (Lipinski definition) is 1. The van der Waals surface area contributed by atoms with Crippen molar-refractivity contribution < 1.29 is 5.58 Å². The van der Waals surface area contributed by atoms with Crippen molar-refractivity contribution in [2.45, 2.75) is 11.8 Å². The molecule has 0 spiro atoms. The van der Waals surface area contributed by atoms with Gasteiger partial charge in [0.1, 0.15) is 0 Å². The second kappa shape index (κ2) is 5.19. The third kappa shape index (κ3) is 3.08. The van der Waals surface area contributed by atoms with Crippen LogP contribution in [0.3, 0.4) is 0 Å². The van der Waals surface area contributed by atoms with Crippen LogP contribution in [-0.4, -0.2) is 4.21 Å². The molecule has 0 fully saturated rings. The number of rotatable bonds is 3. The van der Waals surface area contributed by atoms with E-state index in [1.165, 1.54) is 5.41 Å². The van der Waals surface area contributed by atoms with E-state index in [1.807, 2.05) is 37.3 Å². The third-order valence-corrected chi connectivity index (χ3v) is 3.96. The molecule has 3 heteroatoms. The van der Waals surface area contributed by atoms with E-state index in [0.717, 1.165) is 5.56 Å². The first-order valence-electron chi connectivity index (χ1n) is 6.08. The van der Waals surface area contributed by atoms with Crippen molar-refractivity contribution in [3.63, 3.8) is 0 Å². The fourth-order valence-electron chi connectivity index (χ4n) is 1.49. The van der Waals surface area contributed by atoms with Gasteiger partial charge in [-0.15, -0.1) is 0 Å². The monoisotopic (exact) mass is 258 g/mol. The maximum absolute atomic E-state index is 12.4. The van der Waals surface area contributed by atoms with Gasteiger partial charge < -0.3 is 0 Å². The van der Waals surface area contributed by atoms with Gasteiger partial charge in [-0.25, -0.2) is 8.99 Å². The molecule has 0 aromatic heterocycles. The summed E-state index contributed by atoms with van der Waals surface area (Å²) in [5.41, 5.74) is 1.71. The standard InChI is InChI=1S/C15H15NOS/c1-13-7-9-15(10-8-13)18(16,17)12-11-14-5-3-2-4-6-14/h2-12,16H,1H3/b12-11+/i11D. The van der Waals surface area contributed by atoms with E-state index in [1.54, 1.807) is 24.3 Å². The van der Waals surface area contributed by atoms with Crippen molar-refractivity contribution in [1.82, 2.24) is 0 Å². The molecule has 0 amide bonds. The molecular weight excluding hydrogens is 242 g/mol. The zero-order valence-electron chi connectivity index (χ0n) is 11.1. The summed E-state index contributed by atoms with van der Waals surface area (Å²) in [5, 5.41) is 1.22. The first kappa shape index (κ1) is 11.2. The van der Waals surface area contributed by atoms with Crippen LogP contribution in [0.1, 0.15) is 12.5 Å². The highest BCUT2D eigenvalue weighted by Crippen LogP contribution is 2.15. The van der Waals surface area contributed by atoms with Crippen LogP contribution in [-0.2, 0) is 9.73 Å². The molecule has 1 unspecified atom stereocenters.